The molecule has 0 unspecified atom stereocenters. The third-order valence-electron chi connectivity index (χ3n) is 3.83. The van der Waals surface area contributed by atoms with Gasteiger partial charge in [-0.15, -0.1) is 0 Å². The van der Waals surface area contributed by atoms with E-state index in [1.54, 1.807) is 42.1 Å². The smallest absolute Gasteiger partial charge is 0.258 e. The number of anilines is 2. The third-order valence-corrected chi connectivity index (χ3v) is 3.83. The highest BCUT2D eigenvalue weighted by atomic mass is 19.1. The molecule has 0 bridgehead atoms. The van der Waals surface area contributed by atoms with Gasteiger partial charge in [0.15, 0.2) is 5.82 Å². The number of rotatable bonds is 3. The number of carbonyl (C=O) groups excluding carboxylic acids is 1. The molecule has 1 heterocycles. The number of nitrogens with zero attached hydrogens (tertiary/aromatic N) is 2. The molecule has 0 spiro atoms. The first-order chi connectivity index (χ1) is 11.5. The van der Waals surface area contributed by atoms with E-state index in [2.05, 4.69) is 10.4 Å². The van der Waals surface area contributed by atoms with Crippen LogP contribution in [0.3, 0.4) is 0 Å². The largest absolute Gasteiger partial charge is 0.398 e. The molecule has 3 rings (SSSR count). The molecule has 24 heavy (non-hydrogen) atoms. The number of nitrogens with two attached hydrogens (primary N) is 1. The maximum Gasteiger partial charge on any atom is 0.258 e. The summed E-state index contributed by atoms with van der Waals surface area (Å²) < 4.78 is 14.7. The van der Waals surface area contributed by atoms with E-state index in [-0.39, 0.29) is 11.7 Å². The van der Waals surface area contributed by atoms with Crippen molar-refractivity contribution in [2.45, 2.75) is 6.92 Å². The van der Waals surface area contributed by atoms with Crippen LogP contribution >= 0.6 is 0 Å². The SMILES string of the molecule is Cc1cccc(C(=O)Nc2cc(-c3ccc(F)cc3)n(C)n2)c1N. The van der Waals surface area contributed by atoms with E-state index in [0.717, 1.165) is 16.8 Å². The van der Waals surface area contributed by atoms with E-state index in [9.17, 15) is 9.18 Å². The highest BCUT2D eigenvalue weighted by molar-refractivity contribution is 6.07. The van der Waals surface area contributed by atoms with Crippen molar-refractivity contribution in [1.82, 2.24) is 9.78 Å². The Labute approximate surface area is 138 Å². The van der Waals surface area contributed by atoms with Crippen molar-refractivity contribution in [2.75, 3.05) is 11.1 Å². The number of amides is 1. The summed E-state index contributed by atoms with van der Waals surface area (Å²) in [5.74, 6) is -0.216. The van der Waals surface area contributed by atoms with Crippen molar-refractivity contribution >= 4 is 17.4 Å². The zero-order valence-electron chi connectivity index (χ0n) is 13.4. The van der Waals surface area contributed by atoms with Gasteiger partial charge in [0.2, 0.25) is 0 Å². The topological polar surface area (TPSA) is 72.9 Å². The van der Waals surface area contributed by atoms with E-state index < -0.39 is 0 Å². The normalized spacial score (nSPS) is 10.6. The molecular weight excluding hydrogens is 307 g/mol. The van der Waals surface area contributed by atoms with E-state index in [0.29, 0.717) is 17.1 Å². The highest BCUT2D eigenvalue weighted by Crippen LogP contribution is 2.23. The van der Waals surface area contributed by atoms with Gasteiger partial charge < -0.3 is 11.1 Å². The number of halogens is 1. The average molecular weight is 324 g/mol. The van der Waals surface area contributed by atoms with Gasteiger partial charge in [0.05, 0.1) is 11.3 Å². The predicted molar refractivity (Wildman–Crippen MR) is 92.1 cm³/mol. The van der Waals surface area contributed by atoms with E-state index in [4.69, 9.17) is 5.73 Å². The number of nitrogens with one attached hydrogen (secondary N) is 1. The Morgan fingerprint density at radius 1 is 1.21 bits per heavy atom. The number of hydrogen-bond acceptors (Lipinski definition) is 3. The summed E-state index contributed by atoms with van der Waals surface area (Å²) in [5, 5.41) is 7.02. The summed E-state index contributed by atoms with van der Waals surface area (Å²) in [5.41, 5.74) is 9.23. The lowest BCUT2D eigenvalue weighted by molar-refractivity contribution is 0.102. The van der Waals surface area contributed by atoms with Crippen LogP contribution in [0, 0.1) is 12.7 Å². The maximum absolute atomic E-state index is 13.0. The van der Waals surface area contributed by atoms with Gasteiger partial charge in [-0.1, -0.05) is 12.1 Å². The van der Waals surface area contributed by atoms with E-state index >= 15 is 0 Å². The Kier molecular flexibility index (Phi) is 4.04. The van der Waals surface area contributed by atoms with Crippen molar-refractivity contribution in [3.8, 4) is 11.3 Å². The lowest BCUT2D eigenvalue weighted by atomic mass is 10.1. The second-order valence-electron chi connectivity index (χ2n) is 5.54. The maximum atomic E-state index is 13.0. The standard InChI is InChI=1S/C18H17FN4O/c1-11-4-3-5-14(17(11)20)18(24)21-16-10-15(23(2)22-16)12-6-8-13(19)9-7-12/h3-10H,20H2,1-2H3,(H,21,22,24). The summed E-state index contributed by atoms with van der Waals surface area (Å²) in [6.45, 7) is 1.85. The predicted octanol–water partition coefficient (Wildman–Crippen LogP) is 3.37. The molecule has 1 aromatic heterocycles. The number of aryl methyl sites for hydroxylation is 2. The quantitative estimate of drug-likeness (QED) is 0.726. The summed E-state index contributed by atoms with van der Waals surface area (Å²) in [4.78, 5) is 12.4. The fraction of sp³-hybridized carbons (Fsp3) is 0.111. The van der Waals surface area contributed by atoms with Gasteiger partial charge in [0.1, 0.15) is 5.82 Å². The molecule has 0 fully saturated rings. The van der Waals surface area contributed by atoms with Crippen LogP contribution in [-0.2, 0) is 7.05 Å². The monoisotopic (exact) mass is 324 g/mol. The molecule has 0 saturated carbocycles. The van der Waals surface area contributed by atoms with Gasteiger partial charge in [0.25, 0.3) is 5.91 Å². The molecule has 0 radical (unpaired) electrons. The van der Waals surface area contributed by atoms with Gasteiger partial charge in [-0.3, -0.25) is 9.48 Å². The first kappa shape index (κ1) is 15.7. The van der Waals surface area contributed by atoms with Crippen LogP contribution in [0.2, 0.25) is 0 Å². The molecule has 0 atom stereocenters. The minimum absolute atomic E-state index is 0.302. The Morgan fingerprint density at radius 3 is 2.62 bits per heavy atom. The van der Waals surface area contributed by atoms with E-state index in [1.165, 1.54) is 12.1 Å². The van der Waals surface area contributed by atoms with Crippen LogP contribution in [0.5, 0.6) is 0 Å². The van der Waals surface area contributed by atoms with Crippen molar-refractivity contribution in [2.24, 2.45) is 7.05 Å². The van der Waals surface area contributed by atoms with Crippen LogP contribution in [0.15, 0.2) is 48.5 Å². The second kappa shape index (κ2) is 6.16. The van der Waals surface area contributed by atoms with Gasteiger partial charge in [-0.05, 0) is 42.8 Å². The second-order valence-corrected chi connectivity index (χ2v) is 5.54. The van der Waals surface area contributed by atoms with Crippen molar-refractivity contribution in [3.05, 3.63) is 65.5 Å². The molecular formula is C18H17FN4O. The summed E-state index contributed by atoms with van der Waals surface area (Å²) in [7, 11) is 1.76. The number of nitrogen functional groups attached to an aromatic ring is 1. The number of aromatic nitrogens is 2. The Bertz CT molecular complexity index is 900. The molecule has 2 aromatic carbocycles. The fourth-order valence-electron chi connectivity index (χ4n) is 2.48. The highest BCUT2D eigenvalue weighted by Gasteiger charge is 2.14. The molecule has 3 N–H and O–H groups in total. The molecule has 0 saturated heterocycles. The van der Waals surface area contributed by atoms with Crippen molar-refractivity contribution in [3.63, 3.8) is 0 Å². The summed E-state index contributed by atoms with van der Waals surface area (Å²) in [6, 6.07) is 13.1. The van der Waals surface area contributed by atoms with Crippen molar-refractivity contribution in [1.29, 1.82) is 0 Å². The average Bonchev–Trinajstić information content (AvgIpc) is 2.91. The van der Waals surface area contributed by atoms with Gasteiger partial charge >= 0.3 is 0 Å². The number of benzene rings is 2. The molecule has 0 aliphatic rings. The lowest BCUT2D eigenvalue weighted by Crippen LogP contribution is -2.15. The number of hydrogen-bond donors (Lipinski definition) is 2. The lowest BCUT2D eigenvalue weighted by Gasteiger charge is -2.07. The molecule has 6 heteroatoms. The molecule has 122 valence electrons. The molecule has 1 amide bonds. The summed E-state index contributed by atoms with van der Waals surface area (Å²) in [6.07, 6.45) is 0. The van der Waals surface area contributed by atoms with Crippen LogP contribution in [0.25, 0.3) is 11.3 Å². The Hall–Kier alpha value is -3.15. The van der Waals surface area contributed by atoms with Crippen molar-refractivity contribution < 1.29 is 9.18 Å². The first-order valence-electron chi connectivity index (χ1n) is 7.42. The van der Waals surface area contributed by atoms with Crippen LogP contribution in [0.1, 0.15) is 15.9 Å². The van der Waals surface area contributed by atoms with Gasteiger partial charge in [0, 0.05) is 24.4 Å². The van der Waals surface area contributed by atoms with Crippen LogP contribution < -0.4 is 11.1 Å². The number of carbonyl (C=O) groups is 1. The zero-order chi connectivity index (χ0) is 17.3. The van der Waals surface area contributed by atoms with E-state index in [1.807, 2.05) is 13.0 Å². The molecule has 3 aromatic rings. The Morgan fingerprint density at radius 2 is 1.92 bits per heavy atom. The zero-order valence-corrected chi connectivity index (χ0v) is 13.4. The van der Waals surface area contributed by atoms with Crippen LogP contribution in [0.4, 0.5) is 15.9 Å². The molecule has 0 aliphatic heterocycles. The summed E-state index contributed by atoms with van der Waals surface area (Å²) >= 11 is 0. The first-order valence-corrected chi connectivity index (χ1v) is 7.42. The van der Waals surface area contributed by atoms with Crippen LogP contribution in [-0.4, -0.2) is 15.7 Å². The molecule has 5 nitrogen and oxygen atoms in total. The Balaban J connectivity index is 1.86. The molecule has 0 aliphatic carbocycles. The third kappa shape index (κ3) is 2.99. The minimum Gasteiger partial charge on any atom is -0.398 e. The number of para-hydroxylation sites is 1. The minimum atomic E-state index is -0.319. The van der Waals surface area contributed by atoms with Gasteiger partial charge in [-0.25, -0.2) is 4.39 Å². The van der Waals surface area contributed by atoms with Gasteiger partial charge in [-0.2, -0.15) is 5.10 Å². The fourth-order valence-corrected chi connectivity index (χ4v) is 2.48.